The molecule has 0 fully saturated rings. The standard InChI is InChI=1S/C18H16O5/c1-22-16-11-13(10-14(18(20)21)17(16)23-2)15(19)9-8-12-6-4-3-5-7-12/h3-11H,1-2H3,(H,20,21). The monoisotopic (exact) mass is 312 g/mol. The van der Waals surface area contributed by atoms with Gasteiger partial charge in [0.25, 0.3) is 0 Å². The molecule has 0 bridgehead atoms. The Kier molecular flexibility index (Phi) is 5.15. The van der Waals surface area contributed by atoms with Crippen LogP contribution >= 0.6 is 0 Å². The molecule has 0 spiro atoms. The third-order valence-corrected chi connectivity index (χ3v) is 3.22. The molecule has 0 aliphatic rings. The predicted octanol–water partition coefficient (Wildman–Crippen LogP) is 3.30. The number of allylic oxidation sites excluding steroid dienone is 1. The molecule has 2 aromatic rings. The van der Waals surface area contributed by atoms with Crippen molar-refractivity contribution in [3.8, 4) is 11.5 Å². The van der Waals surface area contributed by atoms with Gasteiger partial charge in [-0.3, -0.25) is 4.79 Å². The van der Waals surface area contributed by atoms with Gasteiger partial charge in [0.2, 0.25) is 0 Å². The number of rotatable bonds is 6. The molecule has 0 saturated carbocycles. The molecule has 118 valence electrons. The number of carboxylic acids is 1. The van der Waals surface area contributed by atoms with Crippen LogP contribution in [0.5, 0.6) is 11.5 Å². The van der Waals surface area contributed by atoms with Crippen molar-refractivity contribution in [3.05, 3.63) is 65.2 Å². The SMILES string of the molecule is COc1cc(C(=O)C=Cc2ccccc2)cc(C(=O)O)c1OC. The van der Waals surface area contributed by atoms with E-state index in [0.717, 1.165) is 5.56 Å². The van der Waals surface area contributed by atoms with Crippen LogP contribution in [0, 0.1) is 0 Å². The fourth-order valence-corrected chi connectivity index (χ4v) is 2.10. The van der Waals surface area contributed by atoms with Gasteiger partial charge in [0.15, 0.2) is 17.3 Å². The molecule has 0 aliphatic carbocycles. The summed E-state index contributed by atoms with van der Waals surface area (Å²) in [5.41, 5.74) is 0.968. The summed E-state index contributed by atoms with van der Waals surface area (Å²) in [6, 6.07) is 12.1. The van der Waals surface area contributed by atoms with Crippen LogP contribution < -0.4 is 9.47 Å². The van der Waals surface area contributed by atoms with Crippen molar-refractivity contribution in [1.29, 1.82) is 0 Å². The normalized spacial score (nSPS) is 10.5. The summed E-state index contributed by atoms with van der Waals surface area (Å²) in [7, 11) is 2.73. The second-order valence-electron chi connectivity index (χ2n) is 4.67. The van der Waals surface area contributed by atoms with Gasteiger partial charge in [0, 0.05) is 5.56 Å². The minimum absolute atomic E-state index is 0.0867. The average Bonchev–Trinajstić information content (AvgIpc) is 2.59. The zero-order chi connectivity index (χ0) is 16.8. The van der Waals surface area contributed by atoms with Crippen LogP contribution in [0.3, 0.4) is 0 Å². The highest BCUT2D eigenvalue weighted by Gasteiger charge is 2.19. The number of carbonyl (C=O) groups excluding carboxylic acids is 1. The van der Waals surface area contributed by atoms with E-state index in [0.29, 0.717) is 0 Å². The summed E-state index contributed by atoms with van der Waals surface area (Å²) in [4.78, 5) is 23.6. The van der Waals surface area contributed by atoms with Crippen molar-refractivity contribution in [1.82, 2.24) is 0 Å². The maximum absolute atomic E-state index is 12.3. The molecule has 5 nitrogen and oxygen atoms in total. The van der Waals surface area contributed by atoms with Crippen LogP contribution in [-0.2, 0) is 0 Å². The molecule has 0 atom stereocenters. The highest BCUT2D eigenvalue weighted by molar-refractivity contribution is 6.08. The fourth-order valence-electron chi connectivity index (χ4n) is 2.10. The van der Waals surface area contributed by atoms with E-state index < -0.39 is 5.97 Å². The van der Waals surface area contributed by atoms with Gasteiger partial charge in [-0.05, 0) is 23.8 Å². The lowest BCUT2D eigenvalue weighted by Crippen LogP contribution is -2.06. The number of carbonyl (C=O) groups is 2. The van der Waals surface area contributed by atoms with Gasteiger partial charge in [0.1, 0.15) is 5.56 Å². The predicted molar refractivity (Wildman–Crippen MR) is 86.3 cm³/mol. The molecule has 23 heavy (non-hydrogen) atoms. The number of hydrogen-bond acceptors (Lipinski definition) is 4. The summed E-state index contributed by atoms with van der Waals surface area (Å²) >= 11 is 0. The van der Waals surface area contributed by atoms with Gasteiger partial charge in [-0.15, -0.1) is 0 Å². The molecule has 0 aromatic heterocycles. The number of ketones is 1. The largest absolute Gasteiger partial charge is 0.493 e. The quantitative estimate of drug-likeness (QED) is 0.654. The Balaban J connectivity index is 2.39. The smallest absolute Gasteiger partial charge is 0.339 e. The van der Waals surface area contributed by atoms with E-state index in [9.17, 15) is 14.7 Å². The highest BCUT2D eigenvalue weighted by Crippen LogP contribution is 2.33. The number of benzene rings is 2. The molecule has 0 radical (unpaired) electrons. The zero-order valence-corrected chi connectivity index (χ0v) is 12.8. The van der Waals surface area contributed by atoms with E-state index >= 15 is 0 Å². The first-order valence-corrected chi connectivity index (χ1v) is 6.83. The van der Waals surface area contributed by atoms with Crippen molar-refractivity contribution in [3.63, 3.8) is 0 Å². The molecule has 2 aromatic carbocycles. The molecule has 0 unspecified atom stereocenters. The van der Waals surface area contributed by atoms with E-state index in [1.165, 1.54) is 32.4 Å². The molecule has 0 heterocycles. The van der Waals surface area contributed by atoms with Gasteiger partial charge in [0.05, 0.1) is 14.2 Å². The van der Waals surface area contributed by atoms with Gasteiger partial charge in [-0.2, -0.15) is 0 Å². The second-order valence-corrected chi connectivity index (χ2v) is 4.67. The Hall–Kier alpha value is -3.08. The number of carboxylic acid groups (broad SMARTS) is 1. The molecule has 2 rings (SSSR count). The number of hydrogen-bond donors (Lipinski definition) is 1. The topological polar surface area (TPSA) is 72.8 Å². The van der Waals surface area contributed by atoms with Crippen molar-refractivity contribution < 1.29 is 24.2 Å². The number of ether oxygens (including phenoxy) is 2. The third kappa shape index (κ3) is 3.77. The summed E-state index contributed by atoms with van der Waals surface area (Å²) in [5.74, 6) is -1.23. The number of aromatic carboxylic acids is 1. The molecule has 0 aliphatic heterocycles. The van der Waals surface area contributed by atoms with E-state index in [2.05, 4.69) is 0 Å². The van der Waals surface area contributed by atoms with Crippen LogP contribution in [0.25, 0.3) is 6.08 Å². The van der Waals surface area contributed by atoms with Crippen LogP contribution in [-0.4, -0.2) is 31.1 Å². The molecular weight excluding hydrogens is 296 g/mol. The lowest BCUT2D eigenvalue weighted by Gasteiger charge is -2.11. The molecule has 0 amide bonds. The van der Waals surface area contributed by atoms with Gasteiger partial charge >= 0.3 is 5.97 Å². The lowest BCUT2D eigenvalue weighted by atomic mass is 10.0. The minimum atomic E-state index is -1.19. The Morgan fingerprint density at radius 2 is 1.74 bits per heavy atom. The van der Waals surface area contributed by atoms with E-state index in [-0.39, 0.29) is 28.4 Å². The Morgan fingerprint density at radius 3 is 2.30 bits per heavy atom. The first-order chi connectivity index (χ1) is 11.1. The Labute approximate surface area is 133 Å². The van der Waals surface area contributed by atoms with Gasteiger partial charge in [-0.25, -0.2) is 4.79 Å². The maximum Gasteiger partial charge on any atom is 0.339 e. The first-order valence-electron chi connectivity index (χ1n) is 6.83. The minimum Gasteiger partial charge on any atom is -0.493 e. The van der Waals surface area contributed by atoms with Crippen LogP contribution in [0.2, 0.25) is 0 Å². The van der Waals surface area contributed by atoms with Crippen molar-refractivity contribution in [2.24, 2.45) is 0 Å². The van der Waals surface area contributed by atoms with Crippen molar-refractivity contribution in [2.75, 3.05) is 14.2 Å². The van der Waals surface area contributed by atoms with Crippen molar-refractivity contribution in [2.45, 2.75) is 0 Å². The van der Waals surface area contributed by atoms with E-state index in [1.54, 1.807) is 6.08 Å². The van der Waals surface area contributed by atoms with Gasteiger partial charge < -0.3 is 14.6 Å². The van der Waals surface area contributed by atoms with Crippen LogP contribution in [0.1, 0.15) is 26.3 Å². The molecule has 5 heteroatoms. The maximum atomic E-state index is 12.3. The van der Waals surface area contributed by atoms with E-state index in [1.807, 2.05) is 30.3 Å². The van der Waals surface area contributed by atoms with Crippen molar-refractivity contribution >= 4 is 17.8 Å². The Morgan fingerprint density at radius 1 is 1.04 bits per heavy atom. The zero-order valence-electron chi connectivity index (χ0n) is 12.8. The molecule has 0 saturated heterocycles. The third-order valence-electron chi connectivity index (χ3n) is 3.22. The Bertz CT molecular complexity index is 748. The fraction of sp³-hybridized carbons (Fsp3) is 0.111. The highest BCUT2D eigenvalue weighted by atomic mass is 16.5. The molecule has 1 N–H and O–H groups in total. The van der Waals surface area contributed by atoms with Gasteiger partial charge in [-0.1, -0.05) is 36.4 Å². The van der Waals surface area contributed by atoms with E-state index in [4.69, 9.17) is 9.47 Å². The van der Waals surface area contributed by atoms with Crippen LogP contribution in [0.15, 0.2) is 48.5 Å². The summed E-state index contributed by atoms with van der Waals surface area (Å²) in [6.07, 6.45) is 3.06. The summed E-state index contributed by atoms with van der Waals surface area (Å²) < 4.78 is 10.2. The number of methoxy groups -OCH3 is 2. The van der Waals surface area contributed by atoms with Crippen LogP contribution in [0.4, 0.5) is 0 Å². The second kappa shape index (κ2) is 7.26. The lowest BCUT2D eigenvalue weighted by molar-refractivity contribution is 0.0692. The first kappa shape index (κ1) is 16.3. The summed E-state index contributed by atoms with van der Waals surface area (Å²) in [6.45, 7) is 0. The summed E-state index contributed by atoms with van der Waals surface area (Å²) in [5, 5.41) is 9.27. The molecular formula is C18H16O5. The average molecular weight is 312 g/mol.